The highest BCUT2D eigenvalue weighted by molar-refractivity contribution is 7.16. The van der Waals surface area contributed by atoms with Gasteiger partial charge in [-0.05, 0) is 47.6 Å². The van der Waals surface area contributed by atoms with E-state index < -0.39 is 6.17 Å². The van der Waals surface area contributed by atoms with Gasteiger partial charge in [0.15, 0.2) is 0 Å². The number of fused-ring (bicyclic) bond motifs is 2. The molecule has 1 atom stereocenters. The van der Waals surface area contributed by atoms with E-state index in [-0.39, 0.29) is 5.97 Å². The number of esters is 1. The van der Waals surface area contributed by atoms with Crippen LogP contribution in [0, 0.1) is 0 Å². The summed E-state index contributed by atoms with van der Waals surface area (Å²) < 4.78 is 5.05. The highest BCUT2D eigenvalue weighted by Crippen LogP contribution is 2.39. The third kappa shape index (κ3) is 2.97. The normalized spacial score (nSPS) is 14.7. The smallest absolute Gasteiger partial charge is 0.341 e. The lowest BCUT2D eigenvalue weighted by Crippen LogP contribution is -2.21. The quantitative estimate of drug-likeness (QED) is 0.522. The van der Waals surface area contributed by atoms with Gasteiger partial charge in [0.2, 0.25) is 0 Å². The standard InChI is InChI=1S/C21H22N2O2S/c1-25-21(24)18-16-10-4-5-12-17(16)26-20(18)23-19(22)15-11-6-8-13-7-2-3-9-14(13)15/h2-3,6-9,11,19,23H,4-5,10,12,22H2,1H3. The van der Waals surface area contributed by atoms with Gasteiger partial charge in [-0.15, -0.1) is 11.3 Å². The van der Waals surface area contributed by atoms with Crippen molar-refractivity contribution in [1.82, 2.24) is 0 Å². The maximum Gasteiger partial charge on any atom is 0.341 e. The van der Waals surface area contributed by atoms with Gasteiger partial charge in [0.1, 0.15) is 11.2 Å². The molecule has 0 amide bonds. The summed E-state index contributed by atoms with van der Waals surface area (Å²) in [4.78, 5) is 13.7. The molecule has 0 bridgehead atoms. The van der Waals surface area contributed by atoms with Crippen molar-refractivity contribution in [1.29, 1.82) is 0 Å². The van der Waals surface area contributed by atoms with E-state index in [1.807, 2.05) is 24.3 Å². The van der Waals surface area contributed by atoms with Gasteiger partial charge < -0.3 is 15.8 Å². The molecule has 26 heavy (non-hydrogen) atoms. The number of aryl methyl sites for hydroxylation is 1. The molecule has 1 unspecified atom stereocenters. The molecule has 134 valence electrons. The molecule has 0 saturated heterocycles. The van der Waals surface area contributed by atoms with Gasteiger partial charge in [-0.1, -0.05) is 42.5 Å². The van der Waals surface area contributed by atoms with Crippen LogP contribution in [0.1, 0.15) is 45.4 Å². The first-order valence-electron chi connectivity index (χ1n) is 8.91. The summed E-state index contributed by atoms with van der Waals surface area (Å²) in [7, 11) is 1.43. The molecule has 4 nitrogen and oxygen atoms in total. The molecule has 0 fully saturated rings. The van der Waals surface area contributed by atoms with Crippen LogP contribution in [0.25, 0.3) is 10.8 Å². The van der Waals surface area contributed by atoms with Crippen molar-refractivity contribution >= 4 is 33.1 Å². The van der Waals surface area contributed by atoms with Crippen LogP contribution in [0.2, 0.25) is 0 Å². The van der Waals surface area contributed by atoms with E-state index in [2.05, 4.69) is 23.5 Å². The minimum absolute atomic E-state index is 0.281. The molecule has 1 heterocycles. The molecule has 0 saturated carbocycles. The molecule has 1 aliphatic rings. The van der Waals surface area contributed by atoms with Crippen LogP contribution < -0.4 is 11.1 Å². The molecule has 1 aromatic heterocycles. The fraction of sp³-hybridized carbons (Fsp3) is 0.286. The Hall–Kier alpha value is -2.37. The monoisotopic (exact) mass is 366 g/mol. The van der Waals surface area contributed by atoms with Crippen molar-refractivity contribution in [2.24, 2.45) is 5.73 Å². The van der Waals surface area contributed by atoms with Gasteiger partial charge in [0.25, 0.3) is 0 Å². The molecule has 0 spiro atoms. The molecule has 3 aromatic rings. The number of benzene rings is 2. The van der Waals surface area contributed by atoms with Crippen LogP contribution in [0.4, 0.5) is 5.00 Å². The van der Waals surface area contributed by atoms with Crippen LogP contribution in [-0.4, -0.2) is 13.1 Å². The summed E-state index contributed by atoms with van der Waals surface area (Å²) in [6.07, 6.45) is 3.84. The Balaban J connectivity index is 1.72. The first kappa shape index (κ1) is 17.1. The van der Waals surface area contributed by atoms with E-state index in [1.165, 1.54) is 18.4 Å². The summed E-state index contributed by atoms with van der Waals surface area (Å²) in [5, 5.41) is 6.49. The number of nitrogens with two attached hydrogens (primary N) is 1. The highest BCUT2D eigenvalue weighted by atomic mass is 32.1. The lowest BCUT2D eigenvalue weighted by atomic mass is 9.95. The molecule has 0 radical (unpaired) electrons. The number of nitrogens with one attached hydrogen (secondary N) is 1. The third-order valence-electron chi connectivity index (χ3n) is 5.01. The topological polar surface area (TPSA) is 64.3 Å². The highest BCUT2D eigenvalue weighted by Gasteiger charge is 2.27. The molecule has 4 rings (SSSR count). The molecular weight excluding hydrogens is 344 g/mol. The van der Waals surface area contributed by atoms with E-state index in [0.717, 1.165) is 46.2 Å². The Labute approximate surface area is 157 Å². The number of hydrogen-bond donors (Lipinski definition) is 2. The van der Waals surface area contributed by atoms with Crippen molar-refractivity contribution in [3.05, 3.63) is 64.0 Å². The molecule has 1 aliphatic carbocycles. The van der Waals surface area contributed by atoms with Crippen LogP contribution >= 0.6 is 11.3 Å². The SMILES string of the molecule is COC(=O)c1c(NC(N)c2cccc3ccccc23)sc2c1CCCC2. The van der Waals surface area contributed by atoms with Gasteiger partial charge in [0, 0.05) is 4.88 Å². The van der Waals surface area contributed by atoms with Crippen LogP contribution in [0.15, 0.2) is 42.5 Å². The van der Waals surface area contributed by atoms with Crippen molar-refractivity contribution in [2.45, 2.75) is 31.8 Å². The van der Waals surface area contributed by atoms with Crippen molar-refractivity contribution in [3.8, 4) is 0 Å². The minimum atomic E-state index is -0.399. The second kappa shape index (κ2) is 7.09. The maximum atomic E-state index is 12.4. The second-order valence-electron chi connectivity index (χ2n) is 6.60. The molecule has 5 heteroatoms. The zero-order chi connectivity index (χ0) is 18.1. The van der Waals surface area contributed by atoms with Gasteiger partial charge >= 0.3 is 5.97 Å². The number of carbonyl (C=O) groups excluding carboxylic acids is 1. The van der Waals surface area contributed by atoms with Gasteiger partial charge in [-0.2, -0.15) is 0 Å². The Morgan fingerprint density at radius 2 is 1.92 bits per heavy atom. The first-order valence-corrected chi connectivity index (χ1v) is 9.73. The largest absolute Gasteiger partial charge is 0.465 e. The second-order valence-corrected chi connectivity index (χ2v) is 7.70. The number of hydrogen-bond acceptors (Lipinski definition) is 5. The van der Waals surface area contributed by atoms with Crippen LogP contribution in [0.5, 0.6) is 0 Å². The van der Waals surface area contributed by atoms with E-state index in [9.17, 15) is 4.79 Å². The average Bonchev–Trinajstić information content (AvgIpc) is 3.04. The third-order valence-corrected chi connectivity index (χ3v) is 6.23. The average molecular weight is 366 g/mol. The first-order chi connectivity index (χ1) is 12.7. The van der Waals surface area contributed by atoms with E-state index >= 15 is 0 Å². The fourth-order valence-electron chi connectivity index (χ4n) is 3.73. The molecule has 3 N–H and O–H groups in total. The predicted molar refractivity (Wildman–Crippen MR) is 107 cm³/mol. The van der Waals surface area contributed by atoms with Gasteiger partial charge in [-0.3, -0.25) is 0 Å². The van der Waals surface area contributed by atoms with Crippen molar-refractivity contribution in [3.63, 3.8) is 0 Å². The molecule has 0 aliphatic heterocycles. The Morgan fingerprint density at radius 3 is 2.77 bits per heavy atom. The lowest BCUT2D eigenvalue weighted by molar-refractivity contribution is 0.0601. The zero-order valence-corrected chi connectivity index (χ0v) is 15.6. The minimum Gasteiger partial charge on any atom is -0.465 e. The summed E-state index contributed by atoms with van der Waals surface area (Å²) >= 11 is 1.64. The number of carbonyl (C=O) groups is 1. The van der Waals surface area contributed by atoms with Crippen LogP contribution in [0.3, 0.4) is 0 Å². The zero-order valence-electron chi connectivity index (χ0n) is 14.7. The Morgan fingerprint density at radius 1 is 1.15 bits per heavy atom. The molecular formula is C21H22N2O2S. The Kier molecular flexibility index (Phi) is 4.66. The van der Waals surface area contributed by atoms with Gasteiger partial charge in [0.05, 0.1) is 12.7 Å². The van der Waals surface area contributed by atoms with Crippen LogP contribution in [-0.2, 0) is 17.6 Å². The number of thiophene rings is 1. The summed E-state index contributed by atoms with van der Waals surface area (Å²) in [5.74, 6) is -0.281. The van der Waals surface area contributed by atoms with E-state index in [4.69, 9.17) is 10.5 Å². The van der Waals surface area contributed by atoms with Gasteiger partial charge in [-0.25, -0.2) is 4.79 Å². The summed E-state index contributed by atoms with van der Waals surface area (Å²) in [6, 6.07) is 14.3. The fourth-order valence-corrected chi connectivity index (χ4v) is 5.04. The van der Waals surface area contributed by atoms with Crippen molar-refractivity contribution in [2.75, 3.05) is 12.4 Å². The number of methoxy groups -OCH3 is 1. The number of rotatable bonds is 4. The van der Waals surface area contributed by atoms with Crippen molar-refractivity contribution < 1.29 is 9.53 Å². The number of ether oxygens (including phenoxy) is 1. The Bertz CT molecular complexity index is 959. The summed E-state index contributed by atoms with van der Waals surface area (Å²) in [6.45, 7) is 0. The number of anilines is 1. The van der Waals surface area contributed by atoms with E-state index in [0.29, 0.717) is 5.56 Å². The summed E-state index contributed by atoms with van der Waals surface area (Å²) in [5.41, 5.74) is 9.33. The van der Waals surface area contributed by atoms with E-state index in [1.54, 1.807) is 11.3 Å². The lowest BCUT2D eigenvalue weighted by Gasteiger charge is -2.18. The molecule has 2 aromatic carbocycles. The predicted octanol–water partition coefficient (Wildman–Crippen LogP) is 4.64. The maximum absolute atomic E-state index is 12.4.